The first-order valence-electron chi connectivity index (χ1n) is 7.18. The van der Waals surface area contributed by atoms with Gasteiger partial charge in [0.05, 0.1) is 13.1 Å². The molecule has 22 heavy (non-hydrogen) atoms. The van der Waals surface area contributed by atoms with E-state index in [0.29, 0.717) is 49.5 Å². The molecular weight excluding hydrogens is 280 g/mol. The Morgan fingerprint density at radius 1 is 0.773 bits per heavy atom. The highest BCUT2D eigenvalue weighted by atomic mass is 16.5. The fourth-order valence-electron chi connectivity index (χ4n) is 2.44. The van der Waals surface area contributed by atoms with Gasteiger partial charge in [0.2, 0.25) is 11.8 Å². The quantitative estimate of drug-likeness (QED) is 0.864. The van der Waals surface area contributed by atoms with Gasteiger partial charge in [-0.3, -0.25) is 4.98 Å². The van der Waals surface area contributed by atoms with E-state index in [4.69, 9.17) is 9.47 Å². The molecule has 110 valence electrons. The van der Waals surface area contributed by atoms with Gasteiger partial charge in [-0.15, -0.1) is 0 Å². The average molecular weight is 294 g/mol. The van der Waals surface area contributed by atoms with Crippen LogP contribution in [-0.4, -0.2) is 48.1 Å². The summed E-state index contributed by atoms with van der Waals surface area (Å²) in [5.41, 5.74) is 3.48. The smallest absolute Gasteiger partial charge is 0.235 e. The van der Waals surface area contributed by atoms with Crippen molar-refractivity contribution in [1.29, 1.82) is 0 Å². The molecule has 2 aliphatic heterocycles. The third-order valence-electron chi connectivity index (χ3n) is 3.45. The third-order valence-corrected chi connectivity index (χ3v) is 3.45. The number of nitrogens with zero attached hydrogens (tertiary/aromatic N) is 4. The molecule has 0 aromatic carbocycles. The van der Waals surface area contributed by atoms with Gasteiger partial charge in [-0.25, -0.2) is 15.0 Å². The van der Waals surface area contributed by atoms with Gasteiger partial charge in [0.15, 0.2) is 0 Å². The fraction of sp³-hybridized carbons (Fsp3) is 0.250. The summed E-state index contributed by atoms with van der Waals surface area (Å²) in [5.74, 6) is 1.16. The van der Waals surface area contributed by atoms with Gasteiger partial charge in [-0.05, 0) is 35.4 Å². The largest absolute Gasteiger partial charge is 0.474 e. The van der Waals surface area contributed by atoms with Gasteiger partial charge < -0.3 is 9.47 Å². The number of ether oxygens (including phenoxy) is 2. The lowest BCUT2D eigenvalue weighted by Gasteiger charge is -2.09. The minimum Gasteiger partial charge on any atom is -0.474 e. The van der Waals surface area contributed by atoms with E-state index in [0.717, 1.165) is 11.1 Å². The van der Waals surface area contributed by atoms with Crippen LogP contribution in [0.4, 0.5) is 0 Å². The molecule has 0 bridgehead atoms. The summed E-state index contributed by atoms with van der Waals surface area (Å²) >= 11 is 0. The number of aliphatic imine (C=N–C) groups is 2. The van der Waals surface area contributed by atoms with E-state index in [-0.39, 0.29) is 0 Å². The molecule has 4 rings (SSSR count). The van der Waals surface area contributed by atoms with E-state index < -0.39 is 0 Å². The van der Waals surface area contributed by atoms with Gasteiger partial charge in [-0.1, -0.05) is 0 Å². The molecule has 0 atom stereocenters. The second-order valence-corrected chi connectivity index (χ2v) is 4.93. The van der Waals surface area contributed by atoms with E-state index in [9.17, 15) is 0 Å². The van der Waals surface area contributed by atoms with E-state index in [1.165, 1.54) is 0 Å². The monoisotopic (exact) mass is 294 g/mol. The minimum absolute atomic E-state index is 0.579. The second kappa shape index (κ2) is 5.55. The van der Waals surface area contributed by atoms with Crippen molar-refractivity contribution >= 4 is 11.8 Å². The Labute approximate surface area is 127 Å². The summed E-state index contributed by atoms with van der Waals surface area (Å²) in [4.78, 5) is 17.3. The zero-order valence-electron chi connectivity index (χ0n) is 11.9. The number of pyridine rings is 2. The fourth-order valence-corrected chi connectivity index (χ4v) is 2.44. The molecule has 0 spiro atoms. The predicted molar refractivity (Wildman–Crippen MR) is 82.2 cm³/mol. The molecule has 0 fully saturated rings. The van der Waals surface area contributed by atoms with Gasteiger partial charge in [-0.2, -0.15) is 0 Å². The summed E-state index contributed by atoms with van der Waals surface area (Å²) in [7, 11) is 0. The van der Waals surface area contributed by atoms with Crippen LogP contribution in [0.25, 0.3) is 11.1 Å². The van der Waals surface area contributed by atoms with Crippen molar-refractivity contribution in [1.82, 2.24) is 9.97 Å². The van der Waals surface area contributed by atoms with E-state index >= 15 is 0 Å². The summed E-state index contributed by atoms with van der Waals surface area (Å²) in [6, 6.07) is 7.85. The SMILES string of the molecule is c1cc(-c2cc(C3=NCCO3)nc(C3=NCCO3)c2)ccn1. The van der Waals surface area contributed by atoms with Crippen LogP contribution >= 0.6 is 0 Å². The second-order valence-electron chi connectivity index (χ2n) is 4.93. The van der Waals surface area contributed by atoms with Crippen LogP contribution in [0.5, 0.6) is 0 Å². The lowest BCUT2D eigenvalue weighted by Crippen LogP contribution is -2.11. The minimum atomic E-state index is 0.579. The Kier molecular flexibility index (Phi) is 3.27. The zero-order chi connectivity index (χ0) is 14.8. The number of aromatic nitrogens is 2. The van der Waals surface area contributed by atoms with Crippen molar-refractivity contribution in [3.8, 4) is 11.1 Å². The summed E-state index contributed by atoms with van der Waals surface area (Å²) in [5, 5.41) is 0. The van der Waals surface area contributed by atoms with Crippen molar-refractivity contribution in [2.75, 3.05) is 26.3 Å². The number of hydrogen-bond acceptors (Lipinski definition) is 6. The maximum absolute atomic E-state index is 5.54. The summed E-state index contributed by atoms with van der Waals surface area (Å²) in [6.07, 6.45) is 3.53. The molecule has 0 amide bonds. The molecule has 4 heterocycles. The first-order chi connectivity index (χ1) is 10.9. The Bertz CT molecular complexity index is 714. The summed E-state index contributed by atoms with van der Waals surface area (Å²) in [6.45, 7) is 2.54. The zero-order valence-corrected chi connectivity index (χ0v) is 11.9. The predicted octanol–water partition coefficient (Wildman–Crippen LogP) is 1.70. The van der Waals surface area contributed by atoms with Crippen LogP contribution in [-0.2, 0) is 9.47 Å². The number of rotatable bonds is 3. The Morgan fingerprint density at radius 2 is 1.36 bits per heavy atom. The molecule has 2 aromatic heterocycles. The molecular formula is C16H14N4O2. The Hall–Kier alpha value is -2.76. The van der Waals surface area contributed by atoms with Crippen LogP contribution in [0.2, 0.25) is 0 Å². The standard InChI is InChI=1S/C16H14N4O2/c1-3-17-4-2-11(1)12-9-13(15-18-5-7-21-15)20-14(10-12)16-19-6-8-22-16/h1-4,9-10H,5-8H2. The normalized spacial score (nSPS) is 16.7. The van der Waals surface area contributed by atoms with Gasteiger partial charge >= 0.3 is 0 Å². The molecule has 6 nitrogen and oxygen atoms in total. The highest BCUT2D eigenvalue weighted by molar-refractivity contribution is 5.98. The first-order valence-corrected chi connectivity index (χ1v) is 7.18. The molecule has 0 unspecified atom stereocenters. The van der Waals surface area contributed by atoms with Gasteiger partial charge in [0.1, 0.15) is 24.6 Å². The average Bonchev–Trinajstić information content (AvgIpc) is 3.29. The highest BCUT2D eigenvalue weighted by Crippen LogP contribution is 2.22. The molecule has 0 radical (unpaired) electrons. The van der Waals surface area contributed by atoms with Gasteiger partial charge in [0, 0.05) is 12.4 Å². The van der Waals surface area contributed by atoms with Crippen molar-refractivity contribution in [3.05, 3.63) is 48.0 Å². The van der Waals surface area contributed by atoms with Gasteiger partial charge in [0.25, 0.3) is 0 Å². The van der Waals surface area contributed by atoms with E-state index in [2.05, 4.69) is 20.0 Å². The van der Waals surface area contributed by atoms with E-state index in [1.807, 2.05) is 24.3 Å². The van der Waals surface area contributed by atoms with Crippen LogP contribution in [0.1, 0.15) is 11.4 Å². The maximum atomic E-state index is 5.54. The lowest BCUT2D eigenvalue weighted by atomic mass is 10.1. The molecule has 0 N–H and O–H groups in total. The molecule has 6 heteroatoms. The lowest BCUT2D eigenvalue weighted by molar-refractivity contribution is 0.345. The van der Waals surface area contributed by atoms with Crippen LogP contribution < -0.4 is 0 Å². The third kappa shape index (κ3) is 2.43. The summed E-state index contributed by atoms with van der Waals surface area (Å²) < 4.78 is 11.1. The van der Waals surface area contributed by atoms with Crippen molar-refractivity contribution in [2.45, 2.75) is 0 Å². The first kappa shape index (κ1) is 12.9. The highest BCUT2D eigenvalue weighted by Gasteiger charge is 2.19. The van der Waals surface area contributed by atoms with E-state index in [1.54, 1.807) is 12.4 Å². The van der Waals surface area contributed by atoms with Crippen molar-refractivity contribution < 1.29 is 9.47 Å². The van der Waals surface area contributed by atoms with Crippen LogP contribution in [0.3, 0.4) is 0 Å². The maximum Gasteiger partial charge on any atom is 0.235 e. The van der Waals surface area contributed by atoms with Crippen LogP contribution in [0, 0.1) is 0 Å². The van der Waals surface area contributed by atoms with Crippen molar-refractivity contribution in [2.24, 2.45) is 9.98 Å². The molecule has 0 saturated heterocycles. The Morgan fingerprint density at radius 3 is 1.86 bits per heavy atom. The molecule has 0 saturated carbocycles. The molecule has 2 aromatic rings. The molecule has 2 aliphatic rings. The number of hydrogen-bond donors (Lipinski definition) is 0. The van der Waals surface area contributed by atoms with Crippen LogP contribution in [0.15, 0.2) is 46.6 Å². The Balaban J connectivity index is 1.83. The topological polar surface area (TPSA) is 69.0 Å². The molecule has 0 aliphatic carbocycles. The van der Waals surface area contributed by atoms with Crippen molar-refractivity contribution in [3.63, 3.8) is 0 Å².